The molecular weight excluding hydrogens is 388 g/mol. The Labute approximate surface area is 173 Å². The van der Waals surface area contributed by atoms with Gasteiger partial charge in [-0.25, -0.2) is 4.98 Å². The van der Waals surface area contributed by atoms with Gasteiger partial charge in [-0.05, 0) is 29.3 Å². The maximum absolute atomic E-state index is 6.27. The molecule has 0 aliphatic carbocycles. The summed E-state index contributed by atoms with van der Waals surface area (Å²) in [6.07, 6.45) is 0. The van der Waals surface area contributed by atoms with Crippen LogP contribution in [0.25, 0.3) is 21.3 Å². The van der Waals surface area contributed by atoms with E-state index in [1.165, 1.54) is 16.8 Å². The van der Waals surface area contributed by atoms with Crippen molar-refractivity contribution in [1.82, 2.24) is 9.97 Å². The minimum atomic E-state index is 0.314. The SMILES string of the molecule is Clc1nc(N2CCN(c3ccccc3)CC2)c2c(-c3ccccc3)csc2n1. The number of fused-ring (bicyclic) bond motifs is 1. The van der Waals surface area contributed by atoms with Gasteiger partial charge in [-0.3, -0.25) is 0 Å². The largest absolute Gasteiger partial charge is 0.368 e. The fourth-order valence-electron chi connectivity index (χ4n) is 3.77. The van der Waals surface area contributed by atoms with Crippen molar-refractivity contribution >= 4 is 44.7 Å². The van der Waals surface area contributed by atoms with E-state index in [1.807, 2.05) is 6.07 Å². The molecule has 0 N–H and O–H groups in total. The fourth-order valence-corrected chi connectivity index (χ4v) is 4.93. The lowest BCUT2D eigenvalue weighted by Crippen LogP contribution is -2.47. The van der Waals surface area contributed by atoms with E-state index < -0.39 is 0 Å². The molecule has 4 aromatic rings. The van der Waals surface area contributed by atoms with E-state index in [0.29, 0.717) is 5.28 Å². The summed E-state index contributed by atoms with van der Waals surface area (Å²) >= 11 is 7.90. The predicted molar refractivity (Wildman–Crippen MR) is 119 cm³/mol. The molecule has 4 nitrogen and oxygen atoms in total. The summed E-state index contributed by atoms with van der Waals surface area (Å²) in [7, 11) is 0. The molecule has 0 spiro atoms. The second kappa shape index (κ2) is 7.41. The van der Waals surface area contributed by atoms with Crippen LogP contribution in [0, 0.1) is 0 Å². The molecule has 0 saturated carbocycles. The zero-order valence-corrected chi connectivity index (χ0v) is 16.8. The topological polar surface area (TPSA) is 32.3 Å². The molecule has 1 aliphatic heterocycles. The Kier molecular flexibility index (Phi) is 4.63. The first-order valence-electron chi connectivity index (χ1n) is 9.35. The van der Waals surface area contributed by atoms with E-state index in [9.17, 15) is 0 Å². The van der Waals surface area contributed by atoms with Crippen LogP contribution in [-0.2, 0) is 0 Å². The molecule has 1 saturated heterocycles. The van der Waals surface area contributed by atoms with Crippen molar-refractivity contribution in [3.63, 3.8) is 0 Å². The van der Waals surface area contributed by atoms with Crippen molar-refractivity contribution in [3.8, 4) is 11.1 Å². The zero-order chi connectivity index (χ0) is 18.9. The van der Waals surface area contributed by atoms with Crippen molar-refractivity contribution in [2.75, 3.05) is 36.0 Å². The van der Waals surface area contributed by atoms with Crippen LogP contribution < -0.4 is 9.80 Å². The van der Waals surface area contributed by atoms with Crippen LogP contribution in [0.2, 0.25) is 5.28 Å². The van der Waals surface area contributed by atoms with Crippen molar-refractivity contribution in [2.24, 2.45) is 0 Å². The normalized spacial score (nSPS) is 14.6. The van der Waals surface area contributed by atoms with Gasteiger partial charge in [0.1, 0.15) is 10.6 Å². The maximum Gasteiger partial charge on any atom is 0.225 e. The second-order valence-corrected chi connectivity index (χ2v) is 8.02. The highest BCUT2D eigenvalue weighted by atomic mass is 35.5. The van der Waals surface area contributed by atoms with E-state index in [-0.39, 0.29) is 0 Å². The Morgan fingerprint density at radius 1 is 0.786 bits per heavy atom. The number of hydrogen-bond donors (Lipinski definition) is 0. The van der Waals surface area contributed by atoms with Crippen LogP contribution in [0.3, 0.4) is 0 Å². The molecule has 1 aliphatic rings. The number of hydrogen-bond acceptors (Lipinski definition) is 5. The lowest BCUT2D eigenvalue weighted by molar-refractivity contribution is 0.649. The predicted octanol–water partition coefficient (Wildman–Crippen LogP) is 5.34. The van der Waals surface area contributed by atoms with Crippen molar-refractivity contribution in [1.29, 1.82) is 0 Å². The van der Waals surface area contributed by atoms with Crippen molar-refractivity contribution in [2.45, 2.75) is 0 Å². The summed E-state index contributed by atoms with van der Waals surface area (Å²) < 4.78 is 0. The Hall–Kier alpha value is -2.63. The standard InChI is InChI=1S/C22H19ClN4S/c23-22-24-20(27-13-11-26(12-14-27)17-9-5-2-6-10-17)19-18(15-28-21(19)25-22)16-7-3-1-4-8-16/h1-10,15H,11-14H2. The molecule has 28 heavy (non-hydrogen) atoms. The molecule has 2 aromatic carbocycles. The van der Waals surface area contributed by atoms with Gasteiger partial charge in [0.2, 0.25) is 5.28 Å². The number of aromatic nitrogens is 2. The first-order chi connectivity index (χ1) is 13.8. The fraction of sp³-hybridized carbons (Fsp3) is 0.182. The minimum absolute atomic E-state index is 0.314. The summed E-state index contributed by atoms with van der Waals surface area (Å²) in [5, 5.41) is 3.58. The Bertz CT molecular complexity index is 1090. The summed E-state index contributed by atoms with van der Waals surface area (Å²) in [5.41, 5.74) is 3.63. The van der Waals surface area contributed by atoms with E-state index in [4.69, 9.17) is 11.6 Å². The van der Waals surface area contributed by atoms with E-state index in [1.54, 1.807) is 11.3 Å². The number of para-hydroxylation sites is 1. The highest BCUT2D eigenvalue weighted by Gasteiger charge is 2.23. The van der Waals surface area contributed by atoms with E-state index >= 15 is 0 Å². The average Bonchev–Trinajstić information content (AvgIpc) is 3.18. The van der Waals surface area contributed by atoms with Gasteiger partial charge in [0.05, 0.1) is 5.39 Å². The van der Waals surface area contributed by atoms with Crippen molar-refractivity contribution in [3.05, 3.63) is 71.3 Å². The van der Waals surface area contributed by atoms with Crippen LogP contribution in [0.1, 0.15) is 0 Å². The molecule has 0 atom stereocenters. The quantitative estimate of drug-likeness (QED) is 0.430. The third-order valence-corrected chi connectivity index (χ3v) is 6.21. The first-order valence-corrected chi connectivity index (χ1v) is 10.6. The third-order valence-electron chi connectivity index (χ3n) is 5.17. The third kappa shape index (κ3) is 3.21. The number of benzene rings is 2. The second-order valence-electron chi connectivity index (χ2n) is 6.82. The van der Waals surface area contributed by atoms with Gasteiger partial charge >= 0.3 is 0 Å². The maximum atomic E-state index is 6.27. The van der Waals surface area contributed by atoms with Crippen LogP contribution in [0.4, 0.5) is 11.5 Å². The summed E-state index contributed by atoms with van der Waals surface area (Å²) in [6, 6.07) is 21.0. The molecule has 5 rings (SSSR count). The molecule has 6 heteroatoms. The van der Waals surface area contributed by atoms with Gasteiger partial charge in [0, 0.05) is 42.8 Å². The Morgan fingerprint density at radius 2 is 1.43 bits per heavy atom. The monoisotopic (exact) mass is 406 g/mol. The van der Waals surface area contributed by atoms with Gasteiger partial charge < -0.3 is 9.80 Å². The number of piperazine rings is 1. The number of anilines is 2. The van der Waals surface area contributed by atoms with E-state index in [0.717, 1.165) is 42.2 Å². The van der Waals surface area contributed by atoms with E-state index in [2.05, 4.69) is 79.7 Å². The number of nitrogens with zero attached hydrogens (tertiary/aromatic N) is 4. The summed E-state index contributed by atoms with van der Waals surface area (Å²) in [5.74, 6) is 0.947. The molecule has 3 heterocycles. The molecule has 140 valence electrons. The Morgan fingerprint density at radius 3 is 2.14 bits per heavy atom. The van der Waals surface area contributed by atoms with Gasteiger partial charge in [0.25, 0.3) is 0 Å². The molecule has 1 fully saturated rings. The Balaban J connectivity index is 1.50. The first kappa shape index (κ1) is 17.5. The summed E-state index contributed by atoms with van der Waals surface area (Å²) in [6.45, 7) is 3.72. The van der Waals surface area contributed by atoms with Gasteiger partial charge in [-0.15, -0.1) is 11.3 Å². The van der Waals surface area contributed by atoms with Crippen LogP contribution >= 0.6 is 22.9 Å². The van der Waals surface area contributed by atoms with Gasteiger partial charge in [-0.2, -0.15) is 4.98 Å². The number of rotatable bonds is 3. The zero-order valence-electron chi connectivity index (χ0n) is 15.3. The van der Waals surface area contributed by atoms with Crippen LogP contribution in [-0.4, -0.2) is 36.1 Å². The summed E-state index contributed by atoms with van der Waals surface area (Å²) in [4.78, 5) is 14.8. The molecular formula is C22H19ClN4S. The molecule has 0 radical (unpaired) electrons. The number of halogens is 1. The van der Waals surface area contributed by atoms with Gasteiger partial charge in [-0.1, -0.05) is 48.5 Å². The van der Waals surface area contributed by atoms with Crippen molar-refractivity contribution < 1.29 is 0 Å². The average molecular weight is 407 g/mol. The highest BCUT2D eigenvalue weighted by molar-refractivity contribution is 7.17. The minimum Gasteiger partial charge on any atom is -0.368 e. The lowest BCUT2D eigenvalue weighted by atomic mass is 10.1. The molecule has 2 aromatic heterocycles. The molecule has 0 bridgehead atoms. The van der Waals surface area contributed by atoms with Gasteiger partial charge in [0.15, 0.2) is 0 Å². The highest BCUT2D eigenvalue weighted by Crippen LogP contribution is 2.39. The van der Waals surface area contributed by atoms with Crippen LogP contribution in [0.15, 0.2) is 66.0 Å². The lowest BCUT2D eigenvalue weighted by Gasteiger charge is -2.37. The molecule has 0 amide bonds. The number of thiophene rings is 1. The molecule has 0 unspecified atom stereocenters. The smallest absolute Gasteiger partial charge is 0.225 e. The van der Waals surface area contributed by atoms with Crippen LogP contribution in [0.5, 0.6) is 0 Å².